The Kier molecular flexibility index (Phi) is 5.30. The van der Waals surface area contributed by atoms with Crippen LogP contribution in [0.2, 0.25) is 10.0 Å². The first-order valence-electron chi connectivity index (χ1n) is 7.23. The lowest BCUT2D eigenvalue weighted by Crippen LogP contribution is -2.16. The lowest BCUT2D eigenvalue weighted by molar-refractivity contribution is 0.414. The van der Waals surface area contributed by atoms with Crippen molar-refractivity contribution in [1.29, 1.82) is 0 Å². The van der Waals surface area contributed by atoms with Crippen LogP contribution in [0, 0.1) is 12.3 Å². The number of nitrogens with zero attached hydrogens (tertiary/aromatic N) is 2. The number of fused-ring (bicyclic) bond motifs is 1. The SMILES string of the molecule is C#CCn1/c(=N/S(=O)(=O)c2ccc(OC)cc2)sc2c(Cl)ccc(Cl)c21. The molecule has 0 spiro atoms. The summed E-state index contributed by atoms with van der Waals surface area (Å²) in [7, 11) is -2.45. The van der Waals surface area contributed by atoms with Crippen molar-refractivity contribution >= 4 is 54.8 Å². The molecule has 3 aromatic rings. The molecule has 0 saturated heterocycles. The Morgan fingerprint density at radius 3 is 2.46 bits per heavy atom. The summed E-state index contributed by atoms with van der Waals surface area (Å²) in [5.74, 6) is 3.03. The molecule has 1 aromatic heterocycles. The number of benzene rings is 2. The second kappa shape index (κ2) is 7.33. The van der Waals surface area contributed by atoms with Gasteiger partial charge >= 0.3 is 0 Å². The molecule has 0 aliphatic rings. The minimum absolute atomic E-state index is 0.0419. The van der Waals surface area contributed by atoms with Crippen molar-refractivity contribution < 1.29 is 13.2 Å². The zero-order valence-corrected chi connectivity index (χ0v) is 16.6. The molecule has 5 nitrogen and oxygen atoms in total. The summed E-state index contributed by atoms with van der Waals surface area (Å²) < 4.78 is 36.5. The molecule has 0 aliphatic carbocycles. The normalized spacial score (nSPS) is 12.3. The Morgan fingerprint density at radius 2 is 1.85 bits per heavy atom. The molecule has 0 atom stereocenters. The Labute approximate surface area is 164 Å². The average Bonchev–Trinajstić information content (AvgIpc) is 2.97. The standard InChI is InChI=1S/C17H12Cl2N2O3S2/c1-3-10-21-15-13(18)8-9-14(19)16(15)25-17(21)20-26(22,23)12-6-4-11(24-2)5-7-12/h1,4-9H,10H2,2H3/b20-17-. The first kappa shape index (κ1) is 18.8. The number of methoxy groups -OCH3 is 1. The Hall–Kier alpha value is -1.98. The zero-order chi connectivity index (χ0) is 18.9. The summed E-state index contributed by atoms with van der Waals surface area (Å²) in [6.07, 6.45) is 5.43. The van der Waals surface area contributed by atoms with E-state index >= 15 is 0 Å². The highest BCUT2D eigenvalue weighted by Gasteiger charge is 2.17. The number of hydrogen-bond acceptors (Lipinski definition) is 4. The molecule has 0 aliphatic heterocycles. The Morgan fingerprint density at radius 1 is 1.19 bits per heavy atom. The third-order valence-electron chi connectivity index (χ3n) is 3.53. The molecule has 0 N–H and O–H groups in total. The smallest absolute Gasteiger partial charge is 0.285 e. The number of sulfonamides is 1. The number of terminal acetylenes is 1. The molecule has 26 heavy (non-hydrogen) atoms. The molecule has 0 unspecified atom stereocenters. The molecule has 0 saturated carbocycles. The van der Waals surface area contributed by atoms with Gasteiger partial charge in [-0.3, -0.25) is 0 Å². The summed E-state index contributed by atoms with van der Waals surface area (Å²) in [6, 6.07) is 9.23. The summed E-state index contributed by atoms with van der Waals surface area (Å²) >= 11 is 13.6. The average molecular weight is 427 g/mol. The van der Waals surface area contributed by atoms with Gasteiger partial charge in [-0.15, -0.1) is 10.8 Å². The highest BCUT2D eigenvalue weighted by Crippen LogP contribution is 2.32. The molecule has 3 rings (SSSR count). The van der Waals surface area contributed by atoms with Crippen LogP contribution in [0.3, 0.4) is 0 Å². The van der Waals surface area contributed by atoms with Crippen LogP contribution in [-0.4, -0.2) is 20.1 Å². The van der Waals surface area contributed by atoms with Gasteiger partial charge in [-0.05, 0) is 36.4 Å². The van der Waals surface area contributed by atoms with Crippen molar-refractivity contribution in [3.05, 3.63) is 51.2 Å². The molecule has 9 heteroatoms. The minimum Gasteiger partial charge on any atom is -0.497 e. The summed E-state index contributed by atoms with van der Waals surface area (Å²) in [5, 5.41) is 0.864. The highest BCUT2D eigenvalue weighted by atomic mass is 35.5. The third-order valence-corrected chi connectivity index (χ3v) is 6.77. The van der Waals surface area contributed by atoms with E-state index in [2.05, 4.69) is 10.3 Å². The van der Waals surface area contributed by atoms with Gasteiger partial charge in [-0.1, -0.05) is 40.5 Å². The van der Waals surface area contributed by atoms with Crippen LogP contribution in [0.1, 0.15) is 0 Å². The van der Waals surface area contributed by atoms with E-state index in [-0.39, 0.29) is 16.2 Å². The van der Waals surface area contributed by atoms with Crippen molar-refractivity contribution in [2.24, 2.45) is 4.40 Å². The lowest BCUT2D eigenvalue weighted by Gasteiger charge is -2.03. The predicted molar refractivity (Wildman–Crippen MR) is 104 cm³/mol. The van der Waals surface area contributed by atoms with Crippen molar-refractivity contribution in [2.75, 3.05) is 7.11 Å². The van der Waals surface area contributed by atoms with E-state index < -0.39 is 10.0 Å². The zero-order valence-electron chi connectivity index (χ0n) is 13.4. The van der Waals surface area contributed by atoms with Gasteiger partial charge in [0, 0.05) is 0 Å². The summed E-state index contributed by atoms with van der Waals surface area (Å²) in [6.45, 7) is 0.108. The van der Waals surface area contributed by atoms with E-state index in [4.69, 9.17) is 34.4 Å². The molecule has 0 radical (unpaired) electrons. The van der Waals surface area contributed by atoms with E-state index in [1.54, 1.807) is 28.8 Å². The molecule has 0 fully saturated rings. The van der Waals surface area contributed by atoms with Gasteiger partial charge in [0.15, 0.2) is 0 Å². The van der Waals surface area contributed by atoms with Crippen LogP contribution >= 0.6 is 34.5 Å². The third kappa shape index (κ3) is 3.46. The summed E-state index contributed by atoms with van der Waals surface area (Å²) in [5.41, 5.74) is 0.561. The van der Waals surface area contributed by atoms with E-state index in [0.29, 0.717) is 26.0 Å². The number of thiazole rings is 1. The fourth-order valence-electron chi connectivity index (χ4n) is 2.32. The minimum atomic E-state index is -3.95. The first-order valence-corrected chi connectivity index (χ1v) is 10.2. The highest BCUT2D eigenvalue weighted by molar-refractivity contribution is 7.90. The van der Waals surface area contributed by atoms with Crippen LogP contribution < -0.4 is 9.54 Å². The van der Waals surface area contributed by atoms with E-state index in [9.17, 15) is 8.42 Å². The molecule has 134 valence electrons. The monoisotopic (exact) mass is 426 g/mol. The number of rotatable bonds is 4. The Balaban J connectivity index is 2.26. The number of hydrogen-bond donors (Lipinski definition) is 0. The Bertz CT molecular complexity index is 1190. The van der Waals surface area contributed by atoms with Gasteiger partial charge in [0.1, 0.15) is 5.75 Å². The molecule has 0 amide bonds. The molecule has 0 bridgehead atoms. The molecule has 1 heterocycles. The van der Waals surface area contributed by atoms with Gasteiger partial charge in [0.2, 0.25) is 4.80 Å². The van der Waals surface area contributed by atoms with Gasteiger partial charge in [0.05, 0.1) is 38.8 Å². The van der Waals surface area contributed by atoms with Crippen molar-refractivity contribution in [1.82, 2.24) is 4.57 Å². The number of halogens is 2. The first-order chi connectivity index (χ1) is 12.4. The maximum atomic E-state index is 12.7. The van der Waals surface area contributed by atoms with Crippen molar-refractivity contribution in [3.63, 3.8) is 0 Å². The van der Waals surface area contributed by atoms with Gasteiger partial charge in [-0.2, -0.15) is 8.42 Å². The largest absolute Gasteiger partial charge is 0.497 e. The van der Waals surface area contributed by atoms with Crippen molar-refractivity contribution in [3.8, 4) is 18.1 Å². The van der Waals surface area contributed by atoms with Crippen molar-refractivity contribution in [2.45, 2.75) is 11.4 Å². The second-order valence-corrected chi connectivity index (χ2v) is 8.52. The van der Waals surface area contributed by atoms with Crippen LogP contribution in [0.25, 0.3) is 10.2 Å². The van der Waals surface area contributed by atoms with Crippen LogP contribution in [0.4, 0.5) is 0 Å². The van der Waals surface area contributed by atoms with Crippen LogP contribution in [0.15, 0.2) is 45.7 Å². The molecular weight excluding hydrogens is 415 g/mol. The topological polar surface area (TPSA) is 60.7 Å². The molecule has 2 aromatic carbocycles. The van der Waals surface area contributed by atoms with Crippen LogP contribution in [-0.2, 0) is 16.6 Å². The van der Waals surface area contributed by atoms with E-state index in [1.165, 1.54) is 19.2 Å². The molecular formula is C17H12Cl2N2O3S2. The number of aromatic nitrogens is 1. The summed E-state index contributed by atoms with van der Waals surface area (Å²) in [4.78, 5) is 0.240. The fraction of sp³-hybridized carbons (Fsp3) is 0.118. The van der Waals surface area contributed by atoms with Gasteiger partial charge in [-0.25, -0.2) is 0 Å². The van der Waals surface area contributed by atoms with E-state index in [0.717, 1.165) is 11.3 Å². The van der Waals surface area contributed by atoms with Gasteiger partial charge < -0.3 is 9.30 Å². The lowest BCUT2D eigenvalue weighted by atomic mass is 10.3. The quantitative estimate of drug-likeness (QED) is 0.593. The van der Waals surface area contributed by atoms with E-state index in [1.807, 2.05) is 0 Å². The van der Waals surface area contributed by atoms with Gasteiger partial charge in [0.25, 0.3) is 10.0 Å². The fourth-order valence-corrected chi connectivity index (χ4v) is 5.17. The maximum absolute atomic E-state index is 12.7. The predicted octanol–water partition coefficient (Wildman–Crippen LogP) is 3.94. The maximum Gasteiger partial charge on any atom is 0.285 e. The van der Waals surface area contributed by atoms with Crippen LogP contribution in [0.5, 0.6) is 5.75 Å². The number of ether oxygens (including phenoxy) is 1. The second-order valence-electron chi connectivity index (χ2n) is 5.12.